The molecule has 0 N–H and O–H groups in total. The molecule has 0 aromatic heterocycles. The van der Waals surface area contributed by atoms with E-state index in [1.807, 2.05) is 42.9 Å². The van der Waals surface area contributed by atoms with Crippen LogP contribution in [0.4, 0.5) is 0 Å². The summed E-state index contributed by atoms with van der Waals surface area (Å²) in [7, 11) is 1.65. The number of carbonyl (C=O) groups excluding carboxylic acids is 2. The van der Waals surface area contributed by atoms with E-state index in [1.165, 1.54) is 0 Å². The Morgan fingerprint density at radius 1 is 1.11 bits per heavy atom. The van der Waals surface area contributed by atoms with E-state index in [4.69, 9.17) is 16.4 Å². The number of hydrogen-bond donors (Lipinski definition) is 0. The first kappa shape index (κ1) is 19.9. The highest BCUT2D eigenvalue weighted by molar-refractivity contribution is 6.49. The quantitative estimate of drug-likeness (QED) is 0.571. The van der Waals surface area contributed by atoms with Crippen molar-refractivity contribution in [2.24, 2.45) is 5.92 Å². The number of aryl methyl sites for hydroxylation is 3. The summed E-state index contributed by atoms with van der Waals surface area (Å²) < 4.78 is 0. The molecular formula is C22H29ClN2O3. The SMILES string of the molecule is CON1CCC2(CC1)C(=O)C(Cl)(c1c(C)cc(C)cc1C)C(=O)N2CC1CC1. The second-order valence-electron chi connectivity index (χ2n) is 8.76. The van der Waals surface area contributed by atoms with E-state index in [1.54, 1.807) is 7.11 Å². The molecule has 5 nitrogen and oxygen atoms in total. The number of alkyl halides is 1. The van der Waals surface area contributed by atoms with Crippen LogP contribution < -0.4 is 0 Å². The number of halogens is 1. The van der Waals surface area contributed by atoms with Crippen molar-refractivity contribution in [2.45, 2.75) is 56.9 Å². The van der Waals surface area contributed by atoms with Gasteiger partial charge in [0.1, 0.15) is 5.54 Å². The van der Waals surface area contributed by atoms with Gasteiger partial charge in [-0.15, -0.1) is 0 Å². The lowest BCUT2D eigenvalue weighted by Gasteiger charge is -2.42. The smallest absolute Gasteiger partial charge is 0.256 e. The molecule has 1 aliphatic carbocycles. The minimum Gasteiger partial charge on any atom is -0.327 e. The first-order chi connectivity index (χ1) is 13.2. The molecular weight excluding hydrogens is 376 g/mol. The number of hydroxylamine groups is 2. The Kier molecular flexibility index (Phi) is 4.84. The lowest BCUT2D eigenvalue weighted by Crippen LogP contribution is -2.57. The van der Waals surface area contributed by atoms with Crippen LogP contribution in [-0.2, 0) is 19.3 Å². The zero-order chi connectivity index (χ0) is 20.3. The van der Waals surface area contributed by atoms with Crippen LogP contribution in [0.1, 0.15) is 47.9 Å². The third-order valence-corrected chi connectivity index (χ3v) is 7.28. The van der Waals surface area contributed by atoms with Crippen LogP contribution in [0.25, 0.3) is 0 Å². The van der Waals surface area contributed by atoms with Gasteiger partial charge in [-0.25, -0.2) is 0 Å². The Hall–Kier alpha value is -1.43. The predicted molar refractivity (Wildman–Crippen MR) is 108 cm³/mol. The van der Waals surface area contributed by atoms with Crippen LogP contribution in [0.15, 0.2) is 12.1 Å². The van der Waals surface area contributed by atoms with E-state index in [0.29, 0.717) is 44.0 Å². The maximum atomic E-state index is 14.0. The Morgan fingerprint density at radius 3 is 2.18 bits per heavy atom. The molecule has 6 heteroatoms. The van der Waals surface area contributed by atoms with Gasteiger partial charge in [-0.2, -0.15) is 5.06 Å². The molecule has 3 fully saturated rings. The molecule has 1 aromatic carbocycles. The van der Waals surface area contributed by atoms with Gasteiger partial charge in [0.15, 0.2) is 5.78 Å². The number of ketones is 1. The van der Waals surface area contributed by atoms with Crippen molar-refractivity contribution in [2.75, 3.05) is 26.7 Å². The van der Waals surface area contributed by atoms with Crippen molar-refractivity contribution in [3.8, 4) is 0 Å². The Morgan fingerprint density at radius 2 is 1.68 bits per heavy atom. The third kappa shape index (κ3) is 2.82. The van der Waals surface area contributed by atoms with E-state index in [0.717, 1.165) is 29.5 Å². The van der Waals surface area contributed by atoms with E-state index < -0.39 is 10.4 Å². The van der Waals surface area contributed by atoms with E-state index in [9.17, 15) is 9.59 Å². The Balaban J connectivity index is 1.81. The topological polar surface area (TPSA) is 49.9 Å². The maximum absolute atomic E-state index is 14.0. The highest BCUT2D eigenvalue weighted by Gasteiger charge is 2.68. The van der Waals surface area contributed by atoms with E-state index in [2.05, 4.69) is 0 Å². The van der Waals surface area contributed by atoms with Crippen molar-refractivity contribution < 1.29 is 14.4 Å². The summed E-state index contributed by atoms with van der Waals surface area (Å²) in [5.41, 5.74) is 2.79. The summed E-state index contributed by atoms with van der Waals surface area (Å²) in [5.74, 6) is 0.124. The van der Waals surface area contributed by atoms with Crippen LogP contribution >= 0.6 is 11.6 Å². The molecule has 0 bridgehead atoms. The van der Waals surface area contributed by atoms with Gasteiger partial charge in [0.05, 0.1) is 7.11 Å². The molecule has 1 aromatic rings. The number of piperidine rings is 1. The van der Waals surface area contributed by atoms with Gasteiger partial charge in [0.25, 0.3) is 5.91 Å². The first-order valence-corrected chi connectivity index (χ1v) is 10.5. The van der Waals surface area contributed by atoms with Crippen molar-refractivity contribution in [3.63, 3.8) is 0 Å². The van der Waals surface area contributed by atoms with Crippen LogP contribution in [0, 0.1) is 26.7 Å². The highest BCUT2D eigenvalue weighted by atomic mass is 35.5. The number of carbonyl (C=O) groups is 2. The van der Waals surface area contributed by atoms with Crippen molar-refractivity contribution in [1.82, 2.24) is 9.96 Å². The van der Waals surface area contributed by atoms with Gasteiger partial charge < -0.3 is 9.74 Å². The monoisotopic (exact) mass is 404 g/mol. The minimum atomic E-state index is -1.62. The number of nitrogens with zero attached hydrogens (tertiary/aromatic N) is 2. The maximum Gasteiger partial charge on any atom is 0.256 e. The molecule has 3 aliphatic rings. The van der Waals surface area contributed by atoms with Gasteiger partial charge in [-0.05, 0) is 69.1 Å². The fraction of sp³-hybridized carbons (Fsp3) is 0.636. The molecule has 152 valence electrons. The molecule has 1 saturated carbocycles. The molecule has 2 heterocycles. The van der Waals surface area contributed by atoms with Crippen LogP contribution in [0.3, 0.4) is 0 Å². The zero-order valence-electron chi connectivity index (χ0n) is 17.2. The lowest BCUT2D eigenvalue weighted by molar-refractivity contribution is -0.167. The van der Waals surface area contributed by atoms with E-state index in [-0.39, 0.29) is 11.7 Å². The summed E-state index contributed by atoms with van der Waals surface area (Å²) in [6, 6.07) is 4.02. The van der Waals surface area contributed by atoms with Gasteiger partial charge in [0, 0.05) is 19.6 Å². The molecule has 4 rings (SSSR count). The van der Waals surface area contributed by atoms with Gasteiger partial charge >= 0.3 is 0 Å². The molecule has 0 radical (unpaired) electrons. The fourth-order valence-corrected chi connectivity index (χ4v) is 5.79. The van der Waals surface area contributed by atoms with Crippen molar-refractivity contribution in [3.05, 3.63) is 34.4 Å². The standard InChI is InChI=1S/C22H29ClN2O3/c1-14-11-15(2)18(16(3)12-14)22(23)19(26)21(7-9-24(28-4)10-8-21)25(20(22)27)13-17-5-6-17/h11-12,17H,5-10,13H2,1-4H3. The Bertz CT molecular complexity index is 804. The molecule has 1 amide bonds. The van der Waals surface area contributed by atoms with Crippen LogP contribution in [-0.4, -0.2) is 53.9 Å². The number of likely N-dealkylation sites (tertiary alicyclic amines) is 1. The second-order valence-corrected chi connectivity index (χ2v) is 9.33. The van der Waals surface area contributed by atoms with E-state index >= 15 is 0 Å². The normalized spacial score (nSPS) is 27.8. The molecule has 28 heavy (non-hydrogen) atoms. The average Bonchev–Trinajstić information content (AvgIpc) is 3.46. The number of benzene rings is 1. The third-order valence-electron chi connectivity index (χ3n) is 6.76. The molecule has 1 unspecified atom stereocenters. The van der Waals surface area contributed by atoms with Crippen LogP contribution in [0.2, 0.25) is 0 Å². The molecule has 2 saturated heterocycles. The molecule has 2 aliphatic heterocycles. The predicted octanol–water partition coefficient (Wildman–Crippen LogP) is 3.26. The summed E-state index contributed by atoms with van der Waals surface area (Å²) >= 11 is 7.07. The second kappa shape index (κ2) is 6.82. The minimum absolute atomic E-state index is 0.141. The number of hydrogen-bond acceptors (Lipinski definition) is 4. The first-order valence-electron chi connectivity index (χ1n) is 10.2. The number of amides is 1. The molecule has 1 spiro atoms. The van der Waals surface area contributed by atoms with Crippen molar-refractivity contribution >= 4 is 23.3 Å². The Labute approximate surface area is 171 Å². The molecule has 1 atom stereocenters. The summed E-state index contributed by atoms with van der Waals surface area (Å²) in [6.45, 7) is 7.79. The highest BCUT2D eigenvalue weighted by Crippen LogP contribution is 2.51. The number of rotatable bonds is 4. The summed E-state index contributed by atoms with van der Waals surface area (Å²) in [5, 5.41) is 1.86. The average molecular weight is 405 g/mol. The summed E-state index contributed by atoms with van der Waals surface area (Å²) in [4.78, 5) is 33.3. The largest absolute Gasteiger partial charge is 0.327 e. The van der Waals surface area contributed by atoms with Crippen molar-refractivity contribution in [1.29, 1.82) is 0 Å². The van der Waals surface area contributed by atoms with Gasteiger partial charge in [-0.3, -0.25) is 9.59 Å². The van der Waals surface area contributed by atoms with Gasteiger partial charge in [0.2, 0.25) is 4.87 Å². The lowest BCUT2D eigenvalue weighted by atomic mass is 9.78. The fourth-order valence-electron chi connectivity index (χ4n) is 5.22. The van der Waals surface area contributed by atoms with Gasteiger partial charge in [-0.1, -0.05) is 29.3 Å². The summed E-state index contributed by atoms with van der Waals surface area (Å²) in [6.07, 6.45) is 3.37. The zero-order valence-corrected chi connectivity index (χ0v) is 17.9. The number of Topliss-reactive ketones (excluding diaryl/α,β-unsaturated/α-hetero) is 1. The van der Waals surface area contributed by atoms with Crippen LogP contribution in [0.5, 0.6) is 0 Å².